The van der Waals surface area contributed by atoms with Crippen LogP contribution in [0.15, 0.2) is 77.9 Å². The maximum absolute atomic E-state index is 12.2. The molecule has 0 amide bonds. The molecule has 140 valence electrons. The predicted octanol–water partition coefficient (Wildman–Crippen LogP) is 2.07. The van der Waals surface area contributed by atoms with Crippen molar-refractivity contribution in [2.45, 2.75) is 13.0 Å². The first-order chi connectivity index (χ1) is 13.0. The number of nitrogens with one attached hydrogen (secondary N) is 1. The van der Waals surface area contributed by atoms with Crippen molar-refractivity contribution in [3.05, 3.63) is 89.0 Å². The largest absolute Gasteiger partial charge is 0.298 e. The van der Waals surface area contributed by atoms with Gasteiger partial charge in [0.05, 0.1) is 17.8 Å². The molecule has 1 N–H and O–H groups in total. The maximum Gasteiger partial charge on any atom is 0.253 e. The van der Waals surface area contributed by atoms with E-state index in [-0.39, 0.29) is 24.4 Å². The van der Waals surface area contributed by atoms with Crippen LogP contribution in [-0.4, -0.2) is 30.3 Å². The van der Waals surface area contributed by atoms with E-state index in [1.165, 1.54) is 17.0 Å². The molecule has 2 aromatic carbocycles. The zero-order chi connectivity index (χ0) is 19.1. The van der Waals surface area contributed by atoms with Gasteiger partial charge in [-0.15, -0.1) is 0 Å². The Morgan fingerprint density at radius 2 is 1.63 bits per heavy atom. The fraction of sp³-hybridized carbons (Fsp3) is 0.200. The first-order valence-electron chi connectivity index (χ1n) is 8.67. The van der Waals surface area contributed by atoms with Crippen LogP contribution in [0.25, 0.3) is 11.3 Å². The molecule has 27 heavy (non-hydrogen) atoms. The van der Waals surface area contributed by atoms with Crippen LogP contribution in [-0.2, 0) is 23.0 Å². The second-order valence-electron chi connectivity index (χ2n) is 6.12. The van der Waals surface area contributed by atoms with E-state index in [2.05, 4.69) is 9.71 Å². The topological polar surface area (TPSA) is 81.1 Å². The monoisotopic (exact) mass is 383 g/mol. The summed E-state index contributed by atoms with van der Waals surface area (Å²) < 4.78 is 28.1. The molecule has 7 heteroatoms. The fourth-order valence-corrected chi connectivity index (χ4v) is 3.70. The molecule has 0 aliphatic carbocycles. The van der Waals surface area contributed by atoms with Crippen molar-refractivity contribution in [3.8, 4) is 11.3 Å². The highest BCUT2D eigenvalue weighted by Crippen LogP contribution is 2.13. The molecule has 1 aromatic heterocycles. The minimum absolute atomic E-state index is 0.0110. The summed E-state index contributed by atoms with van der Waals surface area (Å²) in [6, 6.07) is 20.3. The number of sulfonamides is 1. The first-order valence-corrected chi connectivity index (χ1v) is 10.3. The highest BCUT2D eigenvalue weighted by Gasteiger charge is 2.10. The number of hydrogen-bond acceptors (Lipinski definition) is 4. The molecule has 3 rings (SSSR count). The second kappa shape index (κ2) is 8.75. The van der Waals surface area contributed by atoms with Crippen LogP contribution >= 0.6 is 0 Å². The normalized spacial score (nSPS) is 11.4. The Bertz CT molecular complexity index is 1030. The number of hydrogen-bond donors (Lipinski definition) is 1. The summed E-state index contributed by atoms with van der Waals surface area (Å²) in [5, 5.41) is 0. The van der Waals surface area contributed by atoms with Gasteiger partial charge in [-0.05, 0) is 12.0 Å². The van der Waals surface area contributed by atoms with E-state index in [1.54, 1.807) is 0 Å². The van der Waals surface area contributed by atoms with Gasteiger partial charge in [-0.25, -0.2) is 18.1 Å². The van der Waals surface area contributed by atoms with Gasteiger partial charge in [0.1, 0.15) is 0 Å². The van der Waals surface area contributed by atoms with Crippen molar-refractivity contribution in [2.24, 2.45) is 0 Å². The molecule has 0 saturated heterocycles. The fourth-order valence-electron chi connectivity index (χ4n) is 2.65. The summed E-state index contributed by atoms with van der Waals surface area (Å²) in [6.45, 7) is 0.370. The average molecular weight is 383 g/mol. The molecular weight excluding hydrogens is 362 g/mol. The third kappa shape index (κ3) is 5.60. The van der Waals surface area contributed by atoms with Gasteiger partial charge >= 0.3 is 0 Å². The average Bonchev–Trinajstić information content (AvgIpc) is 2.69. The predicted molar refractivity (Wildman–Crippen MR) is 106 cm³/mol. The molecule has 0 atom stereocenters. The third-order valence-corrected chi connectivity index (χ3v) is 5.51. The number of nitrogens with zero attached hydrogens (tertiary/aromatic N) is 2. The van der Waals surface area contributed by atoms with E-state index < -0.39 is 10.0 Å². The van der Waals surface area contributed by atoms with E-state index in [4.69, 9.17) is 0 Å². The highest BCUT2D eigenvalue weighted by atomic mass is 32.2. The van der Waals surface area contributed by atoms with Gasteiger partial charge in [0.2, 0.25) is 10.0 Å². The molecule has 0 bridgehead atoms. The molecule has 0 aliphatic rings. The van der Waals surface area contributed by atoms with Gasteiger partial charge in [0.25, 0.3) is 5.56 Å². The Morgan fingerprint density at radius 3 is 2.30 bits per heavy atom. The quantitative estimate of drug-likeness (QED) is 0.646. The van der Waals surface area contributed by atoms with Crippen LogP contribution in [0, 0.1) is 0 Å². The van der Waals surface area contributed by atoms with Gasteiger partial charge in [0.15, 0.2) is 0 Å². The molecule has 0 unspecified atom stereocenters. The number of aryl methyl sites for hydroxylation is 1. The standard InChI is InChI=1S/C20H21N3O3S/c24-20-15-19(18-9-5-2-6-10-18)21-16-23(20)13-12-22-27(25,26)14-11-17-7-3-1-4-8-17/h1-10,15-16,22H,11-14H2. The van der Waals surface area contributed by atoms with Gasteiger partial charge < -0.3 is 0 Å². The first kappa shape index (κ1) is 19.0. The highest BCUT2D eigenvalue weighted by molar-refractivity contribution is 7.89. The molecule has 0 fully saturated rings. The van der Waals surface area contributed by atoms with E-state index in [1.807, 2.05) is 60.7 Å². The van der Waals surface area contributed by atoms with Crippen LogP contribution in [0.5, 0.6) is 0 Å². The second-order valence-corrected chi connectivity index (χ2v) is 8.05. The Balaban J connectivity index is 1.54. The minimum atomic E-state index is -3.40. The summed E-state index contributed by atoms with van der Waals surface area (Å²) in [7, 11) is -3.40. The lowest BCUT2D eigenvalue weighted by atomic mass is 10.1. The van der Waals surface area contributed by atoms with Gasteiger partial charge in [-0.3, -0.25) is 9.36 Å². The lowest BCUT2D eigenvalue weighted by molar-refractivity contribution is 0.568. The van der Waals surface area contributed by atoms with E-state index in [9.17, 15) is 13.2 Å². The van der Waals surface area contributed by atoms with Crippen molar-refractivity contribution in [3.63, 3.8) is 0 Å². The molecule has 3 aromatic rings. The maximum atomic E-state index is 12.2. The number of rotatable bonds is 8. The summed E-state index contributed by atoms with van der Waals surface area (Å²) in [5.41, 5.74) is 2.22. The van der Waals surface area contributed by atoms with Crippen molar-refractivity contribution in [2.75, 3.05) is 12.3 Å². The van der Waals surface area contributed by atoms with E-state index >= 15 is 0 Å². The van der Waals surface area contributed by atoms with Gasteiger partial charge in [-0.1, -0.05) is 60.7 Å². The van der Waals surface area contributed by atoms with Crippen LogP contribution < -0.4 is 10.3 Å². The number of benzene rings is 2. The van der Waals surface area contributed by atoms with Gasteiger partial charge in [0, 0.05) is 24.7 Å². The zero-order valence-corrected chi connectivity index (χ0v) is 15.6. The molecule has 1 heterocycles. The van der Waals surface area contributed by atoms with Crippen LogP contribution in [0.3, 0.4) is 0 Å². The van der Waals surface area contributed by atoms with E-state index in [0.717, 1.165) is 11.1 Å². The van der Waals surface area contributed by atoms with Crippen molar-refractivity contribution >= 4 is 10.0 Å². The summed E-state index contributed by atoms with van der Waals surface area (Å²) >= 11 is 0. The lowest BCUT2D eigenvalue weighted by Gasteiger charge is -2.09. The zero-order valence-electron chi connectivity index (χ0n) is 14.8. The van der Waals surface area contributed by atoms with Crippen LogP contribution in [0.4, 0.5) is 0 Å². The molecule has 0 spiro atoms. The Hall–Kier alpha value is -2.77. The molecule has 6 nitrogen and oxygen atoms in total. The Morgan fingerprint density at radius 1 is 0.963 bits per heavy atom. The summed E-state index contributed by atoms with van der Waals surface area (Å²) in [5.74, 6) is 0.0110. The Labute approximate surface area is 158 Å². The van der Waals surface area contributed by atoms with E-state index in [0.29, 0.717) is 12.1 Å². The Kier molecular flexibility index (Phi) is 6.16. The summed E-state index contributed by atoms with van der Waals surface area (Å²) in [4.78, 5) is 16.5. The van der Waals surface area contributed by atoms with Crippen molar-refractivity contribution < 1.29 is 8.42 Å². The van der Waals surface area contributed by atoms with Crippen LogP contribution in [0.1, 0.15) is 5.56 Å². The minimum Gasteiger partial charge on any atom is -0.298 e. The SMILES string of the molecule is O=c1cc(-c2ccccc2)ncn1CCNS(=O)(=O)CCc1ccccc1. The molecule has 0 aliphatic heterocycles. The number of aromatic nitrogens is 2. The lowest BCUT2D eigenvalue weighted by Crippen LogP contribution is -2.32. The third-order valence-electron chi connectivity index (χ3n) is 4.13. The smallest absolute Gasteiger partial charge is 0.253 e. The molecular formula is C20H21N3O3S. The molecule has 0 radical (unpaired) electrons. The summed E-state index contributed by atoms with van der Waals surface area (Å²) in [6.07, 6.45) is 1.90. The van der Waals surface area contributed by atoms with Crippen LogP contribution in [0.2, 0.25) is 0 Å². The molecule has 0 saturated carbocycles. The van der Waals surface area contributed by atoms with Crippen molar-refractivity contribution in [1.29, 1.82) is 0 Å². The van der Waals surface area contributed by atoms with Gasteiger partial charge in [-0.2, -0.15) is 0 Å². The van der Waals surface area contributed by atoms with Crippen molar-refractivity contribution in [1.82, 2.24) is 14.3 Å².